The van der Waals surface area contributed by atoms with Gasteiger partial charge in [-0.2, -0.15) is 0 Å². The molecule has 27 heavy (non-hydrogen) atoms. The molecule has 146 valence electrons. The molecular formula is C19H24N2O4S2. The van der Waals surface area contributed by atoms with E-state index in [9.17, 15) is 14.4 Å². The Kier molecular flexibility index (Phi) is 8.24. The molecule has 1 N–H and O–H groups in total. The molecule has 0 bridgehead atoms. The Bertz CT molecular complexity index is 706. The van der Waals surface area contributed by atoms with E-state index in [1.165, 1.54) is 16.7 Å². The van der Waals surface area contributed by atoms with Crippen LogP contribution < -0.4 is 5.32 Å². The van der Waals surface area contributed by atoms with E-state index in [0.29, 0.717) is 22.2 Å². The number of hydrogen-bond acceptors (Lipinski definition) is 6. The fourth-order valence-corrected chi connectivity index (χ4v) is 3.95. The second kappa shape index (κ2) is 10.4. The van der Waals surface area contributed by atoms with Crippen molar-refractivity contribution in [2.24, 2.45) is 0 Å². The third kappa shape index (κ3) is 6.04. The molecule has 2 amide bonds. The number of carbonyl (C=O) groups is 3. The van der Waals surface area contributed by atoms with E-state index < -0.39 is 0 Å². The number of ether oxygens (including phenoxy) is 1. The Labute approximate surface area is 169 Å². The van der Waals surface area contributed by atoms with Gasteiger partial charge in [0.2, 0.25) is 11.8 Å². The normalized spacial score (nSPS) is 16.5. The Morgan fingerprint density at radius 1 is 1.26 bits per heavy atom. The fourth-order valence-electron chi connectivity index (χ4n) is 2.48. The number of thioether (sulfide) groups is 1. The molecule has 0 radical (unpaired) electrons. The zero-order valence-electron chi connectivity index (χ0n) is 15.5. The summed E-state index contributed by atoms with van der Waals surface area (Å²) in [6.07, 6.45) is 2.67. The highest BCUT2D eigenvalue weighted by Crippen LogP contribution is 2.29. The zero-order chi connectivity index (χ0) is 19.8. The van der Waals surface area contributed by atoms with E-state index in [-0.39, 0.29) is 36.0 Å². The number of thiocarbonyl (C=S) groups is 1. The van der Waals surface area contributed by atoms with Gasteiger partial charge in [0.15, 0.2) is 0 Å². The first kappa shape index (κ1) is 21.4. The van der Waals surface area contributed by atoms with Gasteiger partial charge in [0.25, 0.3) is 0 Å². The third-order valence-electron chi connectivity index (χ3n) is 4.07. The van der Waals surface area contributed by atoms with Gasteiger partial charge in [0, 0.05) is 18.7 Å². The summed E-state index contributed by atoms with van der Waals surface area (Å²) in [6.45, 7) is 4.65. The van der Waals surface area contributed by atoms with Crippen LogP contribution >= 0.6 is 24.0 Å². The Morgan fingerprint density at radius 3 is 2.56 bits per heavy atom. The summed E-state index contributed by atoms with van der Waals surface area (Å²) in [7, 11) is 0. The highest BCUT2D eigenvalue weighted by atomic mass is 32.2. The predicted molar refractivity (Wildman–Crippen MR) is 111 cm³/mol. The maximum absolute atomic E-state index is 12.2. The van der Waals surface area contributed by atoms with Gasteiger partial charge in [-0.15, -0.1) is 0 Å². The number of nitrogens with one attached hydrogen (secondary N) is 1. The number of carbonyl (C=O) groups excluding carboxylic acids is 3. The highest BCUT2D eigenvalue weighted by molar-refractivity contribution is 8.24. The van der Waals surface area contributed by atoms with Crippen LogP contribution in [-0.2, 0) is 14.3 Å². The molecule has 1 aliphatic heterocycles. The lowest BCUT2D eigenvalue weighted by Gasteiger charge is -2.15. The lowest BCUT2D eigenvalue weighted by Crippen LogP contribution is -2.33. The molecule has 1 heterocycles. The van der Waals surface area contributed by atoms with Crippen molar-refractivity contribution in [1.82, 2.24) is 4.90 Å². The largest absolute Gasteiger partial charge is 0.462 e. The minimum atomic E-state index is -0.370. The zero-order valence-corrected chi connectivity index (χ0v) is 17.2. The van der Waals surface area contributed by atoms with Gasteiger partial charge in [0.05, 0.1) is 17.4 Å². The SMILES string of the molecule is CCCCOC(=O)c1ccc(NC(=O)CCN2C(=O)C(CC)SC2=S)cc1. The van der Waals surface area contributed by atoms with Crippen molar-refractivity contribution in [2.45, 2.75) is 44.8 Å². The van der Waals surface area contributed by atoms with Gasteiger partial charge in [0.1, 0.15) is 4.32 Å². The Hall–Kier alpha value is -1.93. The van der Waals surface area contributed by atoms with Gasteiger partial charge >= 0.3 is 5.97 Å². The Morgan fingerprint density at radius 2 is 1.96 bits per heavy atom. The van der Waals surface area contributed by atoms with Crippen molar-refractivity contribution in [3.63, 3.8) is 0 Å². The average molecular weight is 409 g/mol. The van der Waals surface area contributed by atoms with E-state index in [0.717, 1.165) is 19.3 Å². The van der Waals surface area contributed by atoms with E-state index in [1.807, 2.05) is 13.8 Å². The van der Waals surface area contributed by atoms with Crippen LogP contribution in [-0.4, -0.2) is 45.4 Å². The second-order valence-electron chi connectivity index (χ2n) is 6.14. The summed E-state index contributed by atoms with van der Waals surface area (Å²) in [6, 6.07) is 6.54. The van der Waals surface area contributed by atoms with Crippen LogP contribution in [0.15, 0.2) is 24.3 Å². The molecule has 1 fully saturated rings. The molecule has 1 saturated heterocycles. The van der Waals surface area contributed by atoms with Crippen LogP contribution in [0.2, 0.25) is 0 Å². The van der Waals surface area contributed by atoms with Gasteiger partial charge in [-0.05, 0) is 37.1 Å². The molecule has 0 saturated carbocycles. The predicted octanol–water partition coefficient (Wildman–Crippen LogP) is 3.61. The van der Waals surface area contributed by atoms with Gasteiger partial charge in [-0.25, -0.2) is 4.79 Å². The first-order valence-corrected chi connectivity index (χ1v) is 10.3. The minimum Gasteiger partial charge on any atom is -0.462 e. The number of unbranched alkanes of at least 4 members (excludes halogenated alkanes) is 1. The third-order valence-corrected chi connectivity index (χ3v) is 5.82. The number of anilines is 1. The van der Waals surface area contributed by atoms with Crippen molar-refractivity contribution in [3.8, 4) is 0 Å². The fraction of sp³-hybridized carbons (Fsp3) is 0.474. The molecule has 1 unspecified atom stereocenters. The second-order valence-corrected chi connectivity index (χ2v) is 7.97. The van der Waals surface area contributed by atoms with Crippen molar-refractivity contribution in [3.05, 3.63) is 29.8 Å². The topological polar surface area (TPSA) is 75.7 Å². The van der Waals surface area contributed by atoms with Crippen LogP contribution in [0.5, 0.6) is 0 Å². The van der Waals surface area contributed by atoms with Crippen LogP contribution in [0.1, 0.15) is 49.9 Å². The molecule has 1 aromatic rings. The van der Waals surface area contributed by atoms with Crippen LogP contribution in [0.3, 0.4) is 0 Å². The lowest BCUT2D eigenvalue weighted by molar-refractivity contribution is -0.126. The lowest BCUT2D eigenvalue weighted by atomic mass is 10.2. The maximum Gasteiger partial charge on any atom is 0.338 e. The van der Waals surface area contributed by atoms with Crippen LogP contribution in [0.4, 0.5) is 5.69 Å². The van der Waals surface area contributed by atoms with E-state index in [1.54, 1.807) is 24.3 Å². The minimum absolute atomic E-state index is 0.0220. The quantitative estimate of drug-likeness (QED) is 0.382. The number of rotatable bonds is 9. The van der Waals surface area contributed by atoms with Crippen molar-refractivity contribution in [1.29, 1.82) is 0 Å². The maximum atomic E-state index is 12.2. The number of benzene rings is 1. The van der Waals surface area contributed by atoms with Crippen molar-refractivity contribution >= 4 is 51.8 Å². The van der Waals surface area contributed by atoms with E-state index >= 15 is 0 Å². The molecule has 0 aliphatic carbocycles. The first-order chi connectivity index (χ1) is 13.0. The summed E-state index contributed by atoms with van der Waals surface area (Å²) in [5, 5.41) is 2.63. The molecule has 0 aromatic heterocycles. The van der Waals surface area contributed by atoms with Gasteiger partial charge < -0.3 is 10.1 Å². The van der Waals surface area contributed by atoms with Crippen molar-refractivity contribution in [2.75, 3.05) is 18.5 Å². The average Bonchev–Trinajstić information content (AvgIpc) is 2.94. The number of amides is 2. The molecule has 0 spiro atoms. The van der Waals surface area contributed by atoms with Crippen LogP contribution in [0.25, 0.3) is 0 Å². The molecule has 1 aromatic carbocycles. The number of hydrogen-bond donors (Lipinski definition) is 1. The molecule has 8 heteroatoms. The van der Waals surface area contributed by atoms with Gasteiger partial charge in [-0.1, -0.05) is 44.2 Å². The molecule has 2 rings (SSSR count). The Balaban J connectivity index is 1.81. The highest BCUT2D eigenvalue weighted by Gasteiger charge is 2.35. The molecule has 6 nitrogen and oxygen atoms in total. The summed E-state index contributed by atoms with van der Waals surface area (Å²) in [4.78, 5) is 37.6. The summed E-state index contributed by atoms with van der Waals surface area (Å²) in [5.41, 5.74) is 1.03. The first-order valence-electron chi connectivity index (χ1n) is 9.05. The molecule has 1 aliphatic rings. The van der Waals surface area contributed by atoms with Crippen LogP contribution in [0, 0.1) is 0 Å². The summed E-state index contributed by atoms with van der Waals surface area (Å²) >= 11 is 6.59. The number of nitrogens with zero attached hydrogens (tertiary/aromatic N) is 1. The van der Waals surface area contributed by atoms with E-state index in [2.05, 4.69) is 5.32 Å². The molecule has 1 atom stereocenters. The summed E-state index contributed by atoms with van der Waals surface area (Å²) in [5.74, 6) is -0.606. The van der Waals surface area contributed by atoms with Crippen molar-refractivity contribution < 1.29 is 19.1 Å². The summed E-state index contributed by atoms with van der Waals surface area (Å²) < 4.78 is 5.68. The van der Waals surface area contributed by atoms with Gasteiger partial charge in [-0.3, -0.25) is 14.5 Å². The van der Waals surface area contributed by atoms with E-state index in [4.69, 9.17) is 17.0 Å². The monoisotopic (exact) mass is 408 g/mol. The number of esters is 1. The standard InChI is InChI=1S/C19H24N2O4S2/c1-3-5-12-25-18(24)13-6-8-14(9-7-13)20-16(22)10-11-21-17(23)15(4-2)27-19(21)26/h6-9,15H,3-5,10-12H2,1-2H3,(H,20,22). The molecular weight excluding hydrogens is 384 g/mol. The smallest absolute Gasteiger partial charge is 0.338 e.